The van der Waals surface area contributed by atoms with E-state index in [9.17, 15) is 31.1 Å². The first kappa shape index (κ1) is 17.7. The summed E-state index contributed by atoms with van der Waals surface area (Å²) >= 11 is 0. The average Bonchev–Trinajstić information content (AvgIpc) is 3.00. The lowest BCUT2D eigenvalue weighted by molar-refractivity contribution is 0.102. The Morgan fingerprint density at radius 2 is 1.77 bits per heavy atom. The molecule has 3 aromatic rings. The van der Waals surface area contributed by atoms with Crippen LogP contribution in [0.5, 0.6) is 0 Å². The zero-order valence-corrected chi connectivity index (χ0v) is 12.6. The standard InChI is InChI=1S/C15H8F6N4O/c16-6-1-2-8(7(17)3-6)23-15(26)10-5-12-22-9(13(18)19)4-11(14(20)21)25(12)24-10/h1-5,13-14H,(H,23,26). The summed E-state index contributed by atoms with van der Waals surface area (Å²) in [7, 11) is 0. The van der Waals surface area contributed by atoms with Crippen molar-refractivity contribution in [2.24, 2.45) is 0 Å². The first-order valence-electron chi connectivity index (χ1n) is 6.99. The summed E-state index contributed by atoms with van der Waals surface area (Å²) in [6.45, 7) is 0. The Morgan fingerprint density at radius 3 is 2.38 bits per heavy atom. The molecule has 0 radical (unpaired) electrons. The number of carbonyl (C=O) groups is 1. The quantitative estimate of drug-likeness (QED) is 0.699. The van der Waals surface area contributed by atoms with E-state index in [1.807, 2.05) is 0 Å². The molecule has 0 aliphatic rings. The third kappa shape index (κ3) is 3.32. The number of alkyl halides is 4. The molecule has 0 unspecified atom stereocenters. The van der Waals surface area contributed by atoms with Gasteiger partial charge in [0.1, 0.15) is 23.0 Å². The Bertz CT molecular complexity index is 988. The molecule has 0 bridgehead atoms. The highest BCUT2D eigenvalue weighted by Crippen LogP contribution is 2.25. The Labute approximate surface area is 141 Å². The SMILES string of the molecule is O=C(Nc1ccc(F)cc1F)c1cc2nc(C(F)F)cc(C(F)F)n2n1. The number of anilines is 1. The van der Waals surface area contributed by atoms with Gasteiger partial charge in [-0.05, 0) is 18.2 Å². The Hall–Kier alpha value is -3.11. The Balaban J connectivity index is 2.00. The van der Waals surface area contributed by atoms with Crippen molar-refractivity contribution in [3.63, 3.8) is 0 Å². The highest BCUT2D eigenvalue weighted by atomic mass is 19.3. The predicted octanol–water partition coefficient (Wildman–Crippen LogP) is 4.14. The molecule has 26 heavy (non-hydrogen) atoms. The number of carbonyl (C=O) groups excluding carboxylic acids is 1. The number of rotatable bonds is 4. The van der Waals surface area contributed by atoms with E-state index >= 15 is 0 Å². The second kappa shape index (κ2) is 6.65. The molecule has 1 aromatic carbocycles. The summed E-state index contributed by atoms with van der Waals surface area (Å²) in [5, 5.41) is 5.68. The predicted molar refractivity (Wildman–Crippen MR) is 77.2 cm³/mol. The van der Waals surface area contributed by atoms with E-state index in [1.54, 1.807) is 0 Å². The number of nitrogens with zero attached hydrogens (tertiary/aromatic N) is 3. The van der Waals surface area contributed by atoms with Gasteiger partial charge in [0.05, 0.1) is 5.69 Å². The molecular formula is C15H8F6N4O. The van der Waals surface area contributed by atoms with Gasteiger partial charge in [-0.2, -0.15) is 5.10 Å². The summed E-state index contributed by atoms with van der Waals surface area (Å²) in [6.07, 6.45) is -6.25. The van der Waals surface area contributed by atoms with Gasteiger partial charge in [-0.15, -0.1) is 0 Å². The largest absolute Gasteiger partial charge is 0.318 e. The molecular weight excluding hydrogens is 366 g/mol. The van der Waals surface area contributed by atoms with Crippen LogP contribution in [0.2, 0.25) is 0 Å². The molecule has 5 nitrogen and oxygen atoms in total. The number of aromatic nitrogens is 3. The van der Waals surface area contributed by atoms with Crippen molar-refractivity contribution in [2.75, 3.05) is 5.32 Å². The molecule has 0 spiro atoms. The van der Waals surface area contributed by atoms with Crippen molar-refractivity contribution in [1.82, 2.24) is 14.6 Å². The molecule has 2 heterocycles. The van der Waals surface area contributed by atoms with E-state index in [0.717, 1.165) is 18.2 Å². The molecule has 0 atom stereocenters. The summed E-state index contributed by atoms with van der Waals surface area (Å²) in [5.41, 5.74) is -3.01. The summed E-state index contributed by atoms with van der Waals surface area (Å²) in [4.78, 5) is 15.6. The summed E-state index contributed by atoms with van der Waals surface area (Å²) in [5.74, 6) is -2.94. The maximum absolute atomic E-state index is 13.6. The van der Waals surface area contributed by atoms with Crippen LogP contribution in [0.4, 0.5) is 32.0 Å². The van der Waals surface area contributed by atoms with E-state index in [-0.39, 0.29) is 5.69 Å². The lowest BCUT2D eigenvalue weighted by atomic mass is 10.3. The minimum absolute atomic E-state index is 0.372. The lowest BCUT2D eigenvalue weighted by Gasteiger charge is -2.06. The second-order valence-electron chi connectivity index (χ2n) is 5.09. The fourth-order valence-electron chi connectivity index (χ4n) is 2.17. The van der Waals surface area contributed by atoms with Crippen LogP contribution < -0.4 is 5.32 Å². The molecule has 1 amide bonds. The van der Waals surface area contributed by atoms with Crippen LogP contribution in [-0.2, 0) is 0 Å². The van der Waals surface area contributed by atoms with E-state index in [2.05, 4.69) is 15.4 Å². The van der Waals surface area contributed by atoms with Gasteiger partial charge < -0.3 is 5.32 Å². The first-order valence-corrected chi connectivity index (χ1v) is 6.99. The zero-order chi connectivity index (χ0) is 19.0. The molecule has 0 fully saturated rings. The van der Waals surface area contributed by atoms with Gasteiger partial charge in [-0.3, -0.25) is 4.79 Å². The maximum Gasteiger partial charge on any atom is 0.280 e. The molecule has 1 N–H and O–H groups in total. The van der Waals surface area contributed by atoms with Crippen LogP contribution in [0.3, 0.4) is 0 Å². The first-order chi connectivity index (χ1) is 12.3. The topological polar surface area (TPSA) is 59.3 Å². The maximum atomic E-state index is 13.6. The highest BCUT2D eigenvalue weighted by Gasteiger charge is 2.22. The summed E-state index contributed by atoms with van der Waals surface area (Å²) < 4.78 is 78.7. The molecule has 11 heteroatoms. The number of nitrogens with one attached hydrogen (secondary N) is 1. The monoisotopic (exact) mass is 374 g/mol. The minimum Gasteiger partial charge on any atom is -0.318 e. The fourth-order valence-corrected chi connectivity index (χ4v) is 2.17. The number of hydrogen-bond acceptors (Lipinski definition) is 3. The number of halogens is 6. The van der Waals surface area contributed by atoms with E-state index in [1.165, 1.54) is 0 Å². The van der Waals surface area contributed by atoms with Crippen molar-refractivity contribution in [3.05, 3.63) is 59.0 Å². The Morgan fingerprint density at radius 1 is 1.04 bits per heavy atom. The fraction of sp³-hybridized carbons (Fsp3) is 0.133. The molecule has 3 rings (SSSR count). The van der Waals surface area contributed by atoms with Crippen molar-refractivity contribution < 1.29 is 31.1 Å². The van der Waals surface area contributed by atoms with Crippen LogP contribution in [0.1, 0.15) is 34.7 Å². The zero-order valence-electron chi connectivity index (χ0n) is 12.6. The van der Waals surface area contributed by atoms with Crippen LogP contribution in [0.25, 0.3) is 5.65 Å². The van der Waals surface area contributed by atoms with E-state index in [4.69, 9.17) is 0 Å². The van der Waals surface area contributed by atoms with Crippen molar-refractivity contribution in [3.8, 4) is 0 Å². The van der Waals surface area contributed by atoms with Crippen molar-refractivity contribution >= 4 is 17.2 Å². The smallest absolute Gasteiger partial charge is 0.280 e. The van der Waals surface area contributed by atoms with Gasteiger partial charge >= 0.3 is 0 Å². The van der Waals surface area contributed by atoms with Gasteiger partial charge in [-0.1, -0.05) is 0 Å². The molecule has 0 saturated carbocycles. The van der Waals surface area contributed by atoms with Crippen LogP contribution >= 0.6 is 0 Å². The Kier molecular flexibility index (Phi) is 4.53. The number of benzene rings is 1. The number of amides is 1. The second-order valence-corrected chi connectivity index (χ2v) is 5.09. The van der Waals surface area contributed by atoms with Crippen LogP contribution in [-0.4, -0.2) is 20.5 Å². The van der Waals surface area contributed by atoms with Gasteiger partial charge in [-0.25, -0.2) is 35.8 Å². The number of hydrogen-bond donors (Lipinski definition) is 1. The van der Waals surface area contributed by atoms with Crippen LogP contribution in [0.15, 0.2) is 30.3 Å². The van der Waals surface area contributed by atoms with Gasteiger partial charge in [0.25, 0.3) is 18.8 Å². The third-order valence-corrected chi connectivity index (χ3v) is 3.33. The highest BCUT2D eigenvalue weighted by molar-refractivity contribution is 6.03. The normalized spacial score (nSPS) is 11.5. The molecule has 2 aromatic heterocycles. The van der Waals surface area contributed by atoms with Crippen LogP contribution in [0, 0.1) is 11.6 Å². The average molecular weight is 374 g/mol. The van der Waals surface area contributed by atoms with E-state index < -0.39 is 53.1 Å². The molecule has 136 valence electrons. The third-order valence-electron chi connectivity index (χ3n) is 3.33. The van der Waals surface area contributed by atoms with Gasteiger partial charge in [0, 0.05) is 12.1 Å². The summed E-state index contributed by atoms with van der Waals surface area (Å²) in [6, 6.07) is 3.76. The molecule has 0 saturated heterocycles. The lowest BCUT2D eigenvalue weighted by Crippen LogP contribution is -2.14. The number of fused-ring (bicyclic) bond motifs is 1. The van der Waals surface area contributed by atoms with Crippen molar-refractivity contribution in [2.45, 2.75) is 12.9 Å². The van der Waals surface area contributed by atoms with Crippen molar-refractivity contribution in [1.29, 1.82) is 0 Å². The van der Waals surface area contributed by atoms with Gasteiger partial charge in [0.2, 0.25) is 0 Å². The molecule has 0 aliphatic carbocycles. The minimum atomic E-state index is -3.15. The van der Waals surface area contributed by atoms with Gasteiger partial charge in [0.15, 0.2) is 11.3 Å². The molecule has 0 aliphatic heterocycles. The van der Waals surface area contributed by atoms with E-state index in [0.29, 0.717) is 16.6 Å².